The zero-order chi connectivity index (χ0) is 11.1. The highest BCUT2D eigenvalue weighted by atomic mass is 16.6. The van der Waals surface area contributed by atoms with Crippen LogP contribution in [0.4, 0.5) is 0 Å². The molecule has 1 rings (SSSR count). The maximum Gasteiger partial charge on any atom is 0.260 e. The third kappa shape index (κ3) is 4.10. The summed E-state index contributed by atoms with van der Waals surface area (Å²) in [6.07, 6.45) is 0.514. The molecule has 1 atom stereocenters. The first kappa shape index (κ1) is 11.7. The smallest absolute Gasteiger partial charge is 0.260 e. The molecule has 1 amide bonds. The second-order valence-corrected chi connectivity index (χ2v) is 3.20. The van der Waals surface area contributed by atoms with Gasteiger partial charge in [-0.3, -0.25) is 9.63 Å². The highest BCUT2D eigenvalue weighted by Gasteiger charge is 2.13. The molecule has 1 aromatic carbocycles. The number of hydrogen-bond acceptors (Lipinski definition) is 3. The summed E-state index contributed by atoms with van der Waals surface area (Å²) in [5.41, 5.74) is 9.02. The topological polar surface area (TPSA) is 64.3 Å². The summed E-state index contributed by atoms with van der Waals surface area (Å²) in [5, 5.41) is 0. The summed E-state index contributed by atoms with van der Waals surface area (Å²) in [7, 11) is 0. The van der Waals surface area contributed by atoms with Crippen LogP contribution in [0.3, 0.4) is 0 Å². The Hall–Kier alpha value is -1.39. The molecule has 0 aliphatic carbocycles. The number of carbonyl (C=O) groups is 1. The van der Waals surface area contributed by atoms with E-state index in [4.69, 9.17) is 10.6 Å². The minimum atomic E-state index is -0.570. The van der Waals surface area contributed by atoms with Crippen LogP contribution in [0.5, 0.6) is 0 Å². The molecule has 15 heavy (non-hydrogen) atoms. The first-order valence-corrected chi connectivity index (χ1v) is 4.95. The van der Waals surface area contributed by atoms with Gasteiger partial charge in [-0.25, -0.2) is 5.48 Å². The van der Waals surface area contributed by atoms with E-state index in [1.165, 1.54) is 0 Å². The van der Waals surface area contributed by atoms with Crippen molar-refractivity contribution in [2.45, 2.75) is 19.4 Å². The molecule has 0 heterocycles. The Kier molecular flexibility index (Phi) is 4.80. The highest BCUT2D eigenvalue weighted by Crippen LogP contribution is 2.01. The van der Waals surface area contributed by atoms with E-state index >= 15 is 0 Å². The van der Waals surface area contributed by atoms with Gasteiger partial charge in [0.2, 0.25) is 0 Å². The monoisotopic (exact) mass is 208 g/mol. The molecule has 0 fully saturated rings. The first-order chi connectivity index (χ1) is 7.24. The third-order valence-corrected chi connectivity index (χ3v) is 1.95. The number of nitrogens with one attached hydrogen (secondary N) is 1. The van der Waals surface area contributed by atoms with Gasteiger partial charge in [0.05, 0.1) is 12.6 Å². The normalized spacial score (nSPS) is 12.1. The molecule has 0 aliphatic heterocycles. The molecule has 82 valence electrons. The number of nitrogens with two attached hydrogens (primary N) is 1. The number of amides is 1. The van der Waals surface area contributed by atoms with Gasteiger partial charge in [0.15, 0.2) is 0 Å². The molecule has 0 spiro atoms. The van der Waals surface area contributed by atoms with Gasteiger partial charge < -0.3 is 5.73 Å². The van der Waals surface area contributed by atoms with Gasteiger partial charge in [0.25, 0.3) is 5.91 Å². The predicted molar refractivity (Wildman–Crippen MR) is 57.9 cm³/mol. The minimum absolute atomic E-state index is 0.291. The Balaban J connectivity index is 2.41. The van der Waals surface area contributed by atoms with Crippen molar-refractivity contribution < 1.29 is 9.63 Å². The van der Waals surface area contributed by atoms with Gasteiger partial charge in [0.1, 0.15) is 0 Å². The second-order valence-electron chi connectivity index (χ2n) is 3.20. The van der Waals surface area contributed by atoms with Crippen LogP contribution in [0, 0.1) is 0 Å². The Morgan fingerprint density at radius 2 is 2.13 bits per heavy atom. The maximum atomic E-state index is 11.3. The molecule has 4 heteroatoms. The molecule has 0 aliphatic rings. The predicted octanol–water partition coefficient (Wildman–Crippen LogP) is 0.624. The van der Waals surface area contributed by atoms with Crippen molar-refractivity contribution in [2.75, 3.05) is 6.61 Å². The molecule has 3 N–H and O–H groups in total. The lowest BCUT2D eigenvalue weighted by Crippen LogP contribution is -2.41. The first-order valence-electron chi connectivity index (χ1n) is 4.95. The van der Waals surface area contributed by atoms with E-state index in [0.29, 0.717) is 13.0 Å². The van der Waals surface area contributed by atoms with Crippen molar-refractivity contribution in [3.8, 4) is 0 Å². The van der Waals surface area contributed by atoms with Gasteiger partial charge in [-0.15, -0.1) is 0 Å². The van der Waals surface area contributed by atoms with Gasteiger partial charge in [-0.1, -0.05) is 30.3 Å². The summed E-state index contributed by atoms with van der Waals surface area (Å²) in [6, 6.07) is 9.07. The second kappa shape index (κ2) is 6.16. The van der Waals surface area contributed by atoms with Crippen LogP contribution in [-0.2, 0) is 16.1 Å². The maximum absolute atomic E-state index is 11.3. The van der Waals surface area contributed by atoms with Crippen LogP contribution >= 0.6 is 0 Å². The fourth-order valence-corrected chi connectivity index (χ4v) is 1.18. The lowest BCUT2D eigenvalue weighted by Gasteiger charge is -2.11. The molecule has 4 nitrogen and oxygen atoms in total. The summed E-state index contributed by atoms with van der Waals surface area (Å²) >= 11 is 0. The molecular weight excluding hydrogens is 192 g/mol. The zero-order valence-electron chi connectivity index (χ0n) is 8.77. The van der Waals surface area contributed by atoms with E-state index in [9.17, 15) is 4.79 Å². The van der Waals surface area contributed by atoms with Crippen molar-refractivity contribution >= 4 is 5.91 Å². The van der Waals surface area contributed by atoms with Crippen LogP contribution in [0.15, 0.2) is 30.3 Å². The van der Waals surface area contributed by atoms with Crippen LogP contribution in [0.1, 0.15) is 12.5 Å². The van der Waals surface area contributed by atoms with E-state index in [1.807, 2.05) is 30.3 Å². The van der Waals surface area contributed by atoms with E-state index in [0.717, 1.165) is 5.56 Å². The molecular formula is C11H16N2O2. The van der Waals surface area contributed by atoms with Gasteiger partial charge in [-0.05, 0) is 18.9 Å². The van der Waals surface area contributed by atoms with E-state index in [1.54, 1.807) is 6.92 Å². The Morgan fingerprint density at radius 3 is 2.73 bits per heavy atom. The molecule has 0 radical (unpaired) electrons. The van der Waals surface area contributed by atoms with Gasteiger partial charge in [0, 0.05) is 0 Å². The van der Waals surface area contributed by atoms with Crippen molar-refractivity contribution in [3.63, 3.8) is 0 Å². The fourth-order valence-electron chi connectivity index (χ4n) is 1.18. The van der Waals surface area contributed by atoms with Gasteiger partial charge in [-0.2, -0.15) is 0 Å². The number of benzene rings is 1. The van der Waals surface area contributed by atoms with Crippen LogP contribution in [-0.4, -0.2) is 18.6 Å². The molecule has 0 unspecified atom stereocenters. The number of hydrogen-bond donors (Lipinski definition) is 2. The van der Waals surface area contributed by atoms with Crippen LogP contribution in [0.25, 0.3) is 0 Å². The lowest BCUT2D eigenvalue weighted by atomic mass is 10.1. The Morgan fingerprint density at radius 1 is 1.47 bits per heavy atom. The molecule has 1 aromatic rings. The summed E-state index contributed by atoms with van der Waals surface area (Å²) in [4.78, 5) is 16.1. The Bertz CT molecular complexity index is 301. The third-order valence-electron chi connectivity index (χ3n) is 1.95. The quantitative estimate of drug-likeness (QED) is 0.697. The molecule has 0 saturated heterocycles. The fraction of sp³-hybridized carbons (Fsp3) is 0.364. The van der Waals surface area contributed by atoms with E-state index in [2.05, 4.69) is 5.48 Å². The standard InChI is InChI=1S/C11H16N2O2/c1-2-15-13-11(14)10(12)8-9-6-4-3-5-7-9/h3-7,10H,2,8,12H2,1H3,(H,13,14)/t10-/m1/s1. The van der Waals surface area contributed by atoms with E-state index < -0.39 is 6.04 Å². The SMILES string of the molecule is CCONC(=O)[C@H](N)Cc1ccccc1. The van der Waals surface area contributed by atoms with Crippen molar-refractivity contribution in [1.29, 1.82) is 0 Å². The summed E-state index contributed by atoms with van der Waals surface area (Å²) in [6.45, 7) is 2.23. The van der Waals surface area contributed by atoms with Crippen LogP contribution in [0.2, 0.25) is 0 Å². The average molecular weight is 208 g/mol. The number of carbonyl (C=O) groups excluding carboxylic acids is 1. The minimum Gasteiger partial charge on any atom is -0.320 e. The van der Waals surface area contributed by atoms with Crippen molar-refractivity contribution in [2.24, 2.45) is 5.73 Å². The number of rotatable bonds is 5. The largest absolute Gasteiger partial charge is 0.320 e. The van der Waals surface area contributed by atoms with E-state index in [-0.39, 0.29) is 5.91 Å². The summed E-state index contributed by atoms with van der Waals surface area (Å²) in [5.74, 6) is -0.291. The zero-order valence-corrected chi connectivity index (χ0v) is 8.77. The molecule has 0 saturated carbocycles. The Labute approximate surface area is 89.4 Å². The lowest BCUT2D eigenvalue weighted by molar-refractivity contribution is -0.134. The van der Waals surface area contributed by atoms with Crippen molar-refractivity contribution in [3.05, 3.63) is 35.9 Å². The number of hydroxylamine groups is 1. The average Bonchev–Trinajstić information content (AvgIpc) is 2.27. The highest BCUT2D eigenvalue weighted by molar-refractivity contribution is 5.80. The van der Waals surface area contributed by atoms with Crippen molar-refractivity contribution in [1.82, 2.24) is 5.48 Å². The summed E-state index contributed by atoms with van der Waals surface area (Å²) < 4.78 is 0. The van der Waals surface area contributed by atoms with Crippen LogP contribution < -0.4 is 11.2 Å². The molecule has 0 aromatic heterocycles. The molecule has 0 bridgehead atoms. The van der Waals surface area contributed by atoms with Gasteiger partial charge >= 0.3 is 0 Å².